The molecule has 0 saturated carbocycles. The van der Waals surface area contributed by atoms with E-state index in [1.165, 1.54) is 11.3 Å². The van der Waals surface area contributed by atoms with Crippen LogP contribution in [0.15, 0.2) is 46.9 Å². The van der Waals surface area contributed by atoms with E-state index in [0.717, 1.165) is 43.6 Å². The Morgan fingerprint density at radius 1 is 1.25 bits per heavy atom. The van der Waals surface area contributed by atoms with Gasteiger partial charge in [0.2, 0.25) is 5.91 Å². The van der Waals surface area contributed by atoms with Gasteiger partial charge < -0.3 is 9.15 Å². The monoisotopic (exact) mass is 392 g/mol. The van der Waals surface area contributed by atoms with Crippen LogP contribution in [-0.4, -0.2) is 18.0 Å². The van der Waals surface area contributed by atoms with Crippen LogP contribution in [0.25, 0.3) is 26.8 Å². The topological polar surface area (TPSA) is 64.4 Å². The van der Waals surface area contributed by atoms with Crippen molar-refractivity contribution in [2.24, 2.45) is 0 Å². The summed E-state index contributed by atoms with van der Waals surface area (Å²) in [5.41, 5.74) is 4.41. The zero-order chi connectivity index (χ0) is 19.8. The average Bonchev–Trinajstić information content (AvgIpc) is 3.20. The molecule has 2 aromatic heterocycles. The molecule has 142 valence electrons. The fourth-order valence-electron chi connectivity index (χ4n) is 3.19. The third-order valence-electron chi connectivity index (χ3n) is 4.79. The Bertz CT molecular complexity index is 1200. The van der Waals surface area contributed by atoms with Crippen LogP contribution in [0, 0.1) is 13.8 Å². The summed E-state index contributed by atoms with van der Waals surface area (Å²) in [6, 6.07) is 11.7. The maximum absolute atomic E-state index is 12.5. The highest BCUT2D eigenvalue weighted by molar-refractivity contribution is 7.22. The summed E-state index contributed by atoms with van der Waals surface area (Å²) in [5.74, 6) is 1.33. The highest BCUT2D eigenvalue weighted by Crippen LogP contribution is 2.35. The fourth-order valence-corrected chi connectivity index (χ4v) is 4.06. The number of thiazole rings is 1. The zero-order valence-corrected chi connectivity index (χ0v) is 16.9. The largest absolute Gasteiger partial charge is 0.496 e. The smallest absolute Gasteiger partial charge is 0.250 e. The predicted molar refractivity (Wildman–Crippen MR) is 114 cm³/mol. The van der Waals surface area contributed by atoms with Crippen molar-refractivity contribution >= 4 is 49.1 Å². The van der Waals surface area contributed by atoms with Gasteiger partial charge in [-0.1, -0.05) is 23.5 Å². The van der Waals surface area contributed by atoms with Gasteiger partial charge in [0.15, 0.2) is 5.13 Å². The number of amides is 1. The number of methoxy groups -OCH3 is 1. The molecule has 0 bridgehead atoms. The summed E-state index contributed by atoms with van der Waals surface area (Å²) in [5, 5.41) is 4.46. The van der Waals surface area contributed by atoms with Crippen molar-refractivity contribution in [3.8, 4) is 5.75 Å². The van der Waals surface area contributed by atoms with Gasteiger partial charge in [0.1, 0.15) is 17.1 Å². The van der Waals surface area contributed by atoms with Gasteiger partial charge in [0, 0.05) is 23.1 Å². The second-order valence-corrected chi connectivity index (χ2v) is 7.67. The van der Waals surface area contributed by atoms with Crippen molar-refractivity contribution in [3.05, 3.63) is 59.4 Å². The number of fused-ring (bicyclic) bond motifs is 2. The summed E-state index contributed by atoms with van der Waals surface area (Å²) >= 11 is 1.45. The number of aryl methyl sites for hydroxylation is 2. The molecule has 6 heteroatoms. The zero-order valence-electron chi connectivity index (χ0n) is 16.1. The van der Waals surface area contributed by atoms with Crippen molar-refractivity contribution in [1.29, 1.82) is 0 Å². The average molecular weight is 392 g/mol. The molecule has 0 fully saturated rings. The van der Waals surface area contributed by atoms with E-state index in [1.54, 1.807) is 13.2 Å². The first-order valence-corrected chi connectivity index (χ1v) is 9.71. The van der Waals surface area contributed by atoms with Gasteiger partial charge in [-0.2, -0.15) is 0 Å². The number of benzene rings is 2. The summed E-state index contributed by atoms with van der Waals surface area (Å²) in [4.78, 5) is 17.0. The number of rotatable bonds is 4. The molecule has 2 heterocycles. The number of carbonyl (C=O) groups is 1. The number of carbonyl (C=O) groups excluding carboxylic acids is 1. The maximum atomic E-state index is 12.5. The van der Waals surface area contributed by atoms with E-state index >= 15 is 0 Å². The van der Waals surface area contributed by atoms with Crippen molar-refractivity contribution < 1.29 is 13.9 Å². The molecule has 4 aromatic rings. The van der Waals surface area contributed by atoms with Crippen molar-refractivity contribution in [3.63, 3.8) is 0 Å². The molecule has 4 rings (SSSR count). The lowest BCUT2D eigenvalue weighted by atomic mass is 10.0. The molecule has 1 amide bonds. The maximum Gasteiger partial charge on any atom is 0.250 e. The first-order valence-electron chi connectivity index (χ1n) is 8.89. The minimum Gasteiger partial charge on any atom is -0.496 e. The van der Waals surface area contributed by atoms with Crippen LogP contribution in [-0.2, 0) is 4.79 Å². The van der Waals surface area contributed by atoms with Gasteiger partial charge in [0.25, 0.3) is 0 Å². The van der Waals surface area contributed by atoms with Crippen LogP contribution in [0.4, 0.5) is 5.13 Å². The fraction of sp³-hybridized carbons (Fsp3) is 0.182. The normalized spacial score (nSPS) is 11.9. The highest BCUT2D eigenvalue weighted by atomic mass is 32.1. The molecule has 2 aromatic carbocycles. The molecule has 0 aliphatic rings. The molecule has 1 N–H and O–H groups in total. The second-order valence-electron chi connectivity index (χ2n) is 6.64. The number of aromatic nitrogens is 1. The van der Waals surface area contributed by atoms with E-state index in [4.69, 9.17) is 9.15 Å². The van der Waals surface area contributed by atoms with Gasteiger partial charge in [-0.3, -0.25) is 10.1 Å². The van der Waals surface area contributed by atoms with E-state index in [-0.39, 0.29) is 5.91 Å². The van der Waals surface area contributed by atoms with Crippen molar-refractivity contribution in [2.75, 3.05) is 12.4 Å². The van der Waals surface area contributed by atoms with E-state index in [1.807, 2.05) is 57.2 Å². The van der Waals surface area contributed by atoms with Crippen LogP contribution >= 0.6 is 11.3 Å². The molecule has 28 heavy (non-hydrogen) atoms. The van der Waals surface area contributed by atoms with Crippen molar-refractivity contribution in [2.45, 2.75) is 20.8 Å². The van der Waals surface area contributed by atoms with Gasteiger partial charge in [-0.15, -0.1) is 0 Å². The molecule has 0 atom stereocenters. The summed E-state index contributed by atoms with van der Waals surface area (Å²) in [6.07, 6.45) is 1.57. The number of nitrogens with one attached hydrogen (secondary N) is 1. The van der Waals surface area contributed by atoms with Crippen molar-refractivity contribution in [1.82, 2.24) is 4.98 Å². The van der Waals surface area contributed by atoms with Crippen LogP contribution in [0.5, 0.6) is 5.75 Å². The molecular formula is C22H20N2O3S. The van der Waals surface area contributed by atoms with Gasteiger partial charge in [-0.05, 0) is 50.1 Å². The third-order valence-corrected chi connectivity index (χ3v) is 5.75. The van der Waals surface area contributed by atoms with Gasteiger partial charge >= 0.3 is 0 Å². The lowest BCUT2D eigenvalue weighted by molar-refractivity contribution is -0.111. The Kier molecular flexibility index (Phi) is 4.65. The molecule has 5 nitrogen and oxygen atoms in total. The first kappa shape index (κ1) is 18.3. The number of para-hydroxylation sites is 1. The molecular weight excluding hydrogens is 372 g/mol. The van der Waals surface area contributed by atoms with E-state index in [2.05, 4.69) is 10.3 Å². The lowest BCUT2D eigenvalue weighted by Crippen LogP contribution is -2.08. The summed E-state index contributed by atoms with van der Waals surface area (Å²) in [6.45, 7) is 5.86. The lowest BCUT2D eigenvalue weighted by Gasteiger charge is -2.09. The minimum atomic E-state index is -0.223. The number of hydrogen-bond donors (Lipinski definition) is 1. The molecule has 0 spiro atoms. The van der Waals surface area contributed by atoms with Crippen LogP contribution in [0.2, 0.25) is 0 Å². The predicted octanol–water partition coefficient (Wildman–Crippen LogP) is 5.71. The summed E-state index contributed by atoms with van der Waals surface area (Å²) in [7, 11) is 1.61. The minimum absolute atomic E-state index is 0.223. The highest BCUT2D eigenvalue weighted by Gasteiger charge is 2.14. The second kappa shape index (κ2) is 7.13. The molecule has 0 unspecified atom stereocenters. The number of hydrogen-bond acceptors (Lipinski definition) is 5. The molecule has 0 aliphatic carbocycles. The first-order chi connectivity index (χ1) is 13.5. The quantitative estimate of drug-likeness (QED) is 0.452. The Labute approximate surface area is 166 Å². The number of furan rings is 1. The molecule has 0 radical (unpaired) electrons. The number of anilines is 1. The van der Waals surface area contributed by atoms with Gasteiger partial charge in [0.05, 0.1) is 17.3 Å². The van der Waals surface area contributed by atoms with Crippen LogP contribution in [0.3, 0.4) is 0 Å². The van der Waals surface area contributed by atoms with E-state index in [9.17, 15) is 4.79 Å². The SMILES string of the molecule is COc1cc2oc(C)c(C)c2cc1/C(C)=C/C(=O)Nc1nc2ccccc2s1. The molecule has 0 saturated heterocycles. The summed E-state index contributed by atoms with van der Waals surface area (Å²) < 4.78 is 12.3. The number of ether oxygens (including phenoxy) is 1. The third kappa shape index (κ3) is 3.27. The Morgan fingerprint density at radius 3 is 2.79 bits per heavy atom. The number of allylic oxidation sites excluding steroid dienone is 1. The van der Waals surface area contributed by atoms with Crippen LogP contribution in [0.1, 0.15) is 23.8 Å². The Hall–Kier alpha value is -3.12. The van der Waals surface area contributed by atoms with E-state index in [0.29, 0.717) is 10.9 Å². The standard InChI is InChI=1S/C22H20N2O3S/c1-12(9-21(25)24-22-23-17-7-5-6-8-20(17)28-22)15-10-16-13(2)14(3)27-19(16)11-18(15)26-4/h5-11H,1-4H3,(H,23,24,25)/b12-9+. The number of nitrogens with zero attached hydrogens (tertiary/aromatic N) is 1. The Balaban J connectivity index is 1.65. The van der Waals surface area contributed by atoms with Crippen LogP contribution < -0.4 is 10.1 Å². The van der Waals surface area contributed by atoms with E-state index < -0.39 is 0 Å². The van der Waals surface area contributed by atoms with Gasteiger partial charge in [-0.25, -0.2) is 4.98 Å². The Morgan fingerprint density at radius 2 is 2.04 bits per heavy atom. The molecule has 0 aliphatic heterocycles.